The first kappa shape index (κ1) is 17.1. The van der Waals surface area contributed by atoms with Crippen LogP contribution in [-0.4, -0.2) is 44.9 Å². The summed E-state index contributed by atoms with van der Waals surface area (Å²) in [6.07, 6.45) is 0. The zero-order chi connectivity index (χ0) is 17.2. The van der Waals surface area contributed by atoms with Gasteiger partial charge in [0.15, 0.2) is 0 Å². The van der Waals surface area contributed by atoms with Gasteiger partial charge in [0.05, 0.1) is 23.7 Å². The average molecular weight is 366 g/mol. The molecular weight excluding hydrogens is 348 g/mol. The van der Waals surface area contributed by atoms with E-state index in [4.69, 9.17) is 4.74 Å². The second-order valence-electron chi connectivity index (χ2n) is 5.46. The number of morpholine rings is 1. The van der Waals surface area contributed by atoms with Gasteiger partial charge < -0.3 is 10.1 Å². The summed E-state index contributed by atoms with van der Waals surface area (Å²) in [5.41, 5.74) is 1.86. The molecule has 24 heavy (non-hydrogen) atoms. The van der Waals surface area contributed by atoms with Gasteiger partial charge in [-0.25, -0.2) is 8.42 Å². The summed E-state index contributed by atoms with van der Waals surface area (Å²) < 4.78 is 32.1. The molecule has 0 atom stereocenters. The van der Waals surface area contributed by atoms with Crippen LogP contribution >= 0.6 is 11.3 Å². The minimum atomic E-state index is -3.59. The first-order valence-electron chi connectivity index (χ1n) is 7.50. The number of sulfonamides is 1. The van der Waals surface area contributed by atoms with Gasteiger partial charge in [0.25, 0.3) is 5.91 Å². The minimum absolute atomic E-state index is 0.176. The van der Waals surface area contributed by atoms with Crippen molar-refractivity contribution in [1.82, 2.24) is 4.31 Å². The van der Waals surface area contributed by atoms with Gasteiger partial charge >= 0.3 is 0 Å². The molecule has 0 aliphatic carbocycles. The van der Waals surface area contributed by atoms with Gasteiger partial charge in [0.2, 0.25) is 10.0 Å². The molecule has 1 aliphatic heterocycles. The molecule has 0 bridgehead atoms. The number of nitrogens with one attached hydrogen (secondary N) is 1. The topological polar surface area (TPSA) is 75.7 Å². The van der Waals surface area contributed by atoms with Gasteiger partial charge in [-0.3, -0.25) is 4.79 Å². The fourth-order valence-electron chi connectivity index (χ4n) is 2.42. The summed E-state index contributed by atoms with van der Waals surface area (Å²) in [5, 5.41) is 6.36. The Bertz CT molecular complexity index is 826. The quantitative estimate of drug-likeness (QED) is 0.901. The van der Waals surface area contributed by atoms with Crippen molar-refractivity contribution in [2.24, 2.45) is 0 Å². The lowest BCUT2D eigenvalue weighted by Crippen LogP contribution is -2.40. The molecule has 1 N–H and O–H groups in total. The van der Waals surface area contributed by atoms with Gasteiger partial charge in [-0.1, -0.05) is 6.07 Å². The molecule has 0 unspecified atom stereocenters. The van der Waals surface area contributed by atoms with E-state index in [1.54, 1.807) is 23.6 Å². The number of amides is 1. The number of carbonyl (C=O) groups is 1. The van der Waals surface area contributed by atoms with E-state index in [9.17, 15) is 13.2 Å². The number of rotatable bonds is 4. The molecule has 8 heteroatoms. The van der Waals surface area contributed by atoms with Crippen LogP contribution in [0.5, 0.6) is 0 Å². The standard InChI is InChI=1S/C16H18N2O4S2/c1-12-2-3-14(24(20,21)18-5-7-22-8-6-18)10-15(12)17-16(19)13-4-9-23-11-13/h2-4,9-11H,5-8H2,1H3,(H,17,19). The molecule has 1 amide bonds. The second kappa shape index (κ2) is 7.02. The number of aryl methyl sites for hydroxylation is 1. The third-order valence-corrected chi connectivity index (χ3v) is 6.43. The van der Waals surface area contributed by atoms with Crippen molar-refractivity contribution in [2.75, 3.05) is 31.6 Å². The lowest BCUT2D eigenvalue weighted by Gasteiger charge is -2.26. The molecule has 1 aromatic carbocycles. The van der Waals surface area contributed by atoms with Crippen molar-refractivity contribution in [3.63, 3.8) is 0 Å². The van der Waals surface area contributed by atoms with Crippen LogP contribution in [0.1, 0.15) is 15.9 Å². The highest BCUT2D eigenvalue weighted by molar-refractivity contribution is 7.89. The van der Waals surface area contributed by atoms with Crippen LogP contribution < -0.4 is 5.32 Å². The van der Waals surface area contributed by atoms with E-state index in [2.05, 4.69) is 5.32 Å². The van der Waals surface area contributed by atoms with Gasteiger partial charge in [0, 0.05) is 24.2 Å². The first-order chi connectivity index (χ1) is 11.5. The Morgan fingerprint density at radius 3 is 2.67 bits per heavy atom. The van der Waals surface area contributed by atoms with Crippen LogP contribution in [0.15, 0.2) is 39.9 Å². The number of anilines is 1. The number of hydrogen-bond acceptors (Lipinski definition) is 5. The van der Waals surface area contributed by atoms with Crippen molar-refractivity contribution in [3.8, 4) is 0 Å². The largest absolute Gasteiger partial charge is 0.379 e. The average Bonchev–Trinajstić information content (AvgIpc) is 3.12. The molecule has 2 aromatic rings. The van der Waals surface area contributed by atoms with E-state index in [0.29, 0.717) is 37.6 Å². The van der Waals surface area contributed by atoms with Crippen LogP contribution in [0.3, 0.4) is 0 Å². The predicted octanol–water partition coefficient (Wildman–Crippen LogP) is 2.33. The van der Waals surface area contributed by atoms with E-state index >= 15 is 0 Å². The number of carbonyl (C=O) groups excluding carboxylic acids is 1. The van der Waals surface area contributed by atoms with E-state index in [1.807, 2.05) is 12.3 Å². The van der Waals surface area contributed by atoms with Crippen molar-refractivity contribution in [1.29, 1.82) is 0 Å². The first-order valence-corrected chi connectivity index (χ1v) is 9.89. The maximum absolute atomic E-state index is 12.7. The Morgan fingerprint density at radius 2 is 2.00 bits per heavy atom. The summed E-state index contributed by atoms with van der Waals surface area (Å²) in [4.78, 5) is 12.4. The van der Waals surface area contributed by atoms with Crippen LogP contribution in [0.25, 0.3) is 0 Å². The summed E-state index contributed by atoms with van der Waals surface area (Å²) in [7, 11) is -3.59. The fraction of sp³-hybridized carbons (Fsp3) is 0.312. The monoisotopic (exact) mass is 366 g/mol. The number of thiophene rings is 1. The summed E-state index contributed by atoms with van der Waals surface area (Å²) >= 11 is 1.43. The Balaban J connectivity index is 1.87. The highest BCUT2D eigenvalue weighted by Crippen LogP contribution is 2.24. The Morgan fingerprint density at radius 1 is 1.25 bits per heavy atom. The van der Waals surface area contributed by atoms with Crippen LogP contribution in [0.4, 0.5) is 5.69 Å². The van der Waals surface area contributed by atoms with Crippen molar-refractivity contribution >= 4 is 33.0 Å². The van der Waals surface area contributed by atoms with Gasteiger partial charge in [-0.05, 0) is 36.1 Å². The third-order valence-electron chi connectivity index (χ3n) is 3.85. The molecule has 0 saturated carbocycles. The highest BCUT2D eigenvalue weighted by Gasteiger charge is 2.26. The van der Waals surface area contributed by atoms with E-state index in [0.717, 1.165) is 5.56 Å². The van der Waals surface area contributed by atoms with Crippen LogP contribution in [-0.2, 0) is 14.8 Å². The summed E-state index contributed by atoms with van der Waals surface area (Å²) in [5.74, 6) is -0.250. The molecular formula is C16H18N2O4S2. The predicted molar refractivity (Wildman–Crippen MR) is 93.0 cm³/mol. The van der Waals surface area contributed by atoms with Crippen molar-refractivity contribution < 1.29 is 17.9 Å². The second-order valence-corrected chi connectivity index (χ2v) is 8.18. The molecule has 128 valence electrons. The zero-order valence-corrected chi connectivity index (χ0v) is 14.8. The minimum Gasteiger partial charge on any atom is -0.379 e. The van der Waals surface area contributed by atoms with E-state index in [1.165, 1.54) is 21.7 Å². The number of nitrogens with zero attached hydrogens (tertiary/aromatic N) is 1. The normalized spacial score (nSPS) is 16.0. The SMILES string of the molecule is Cc1ccc(S(=O)(=O)N2CCOCC2)cc1NC(=O)c1ccsc1. The summed E-state index contributed by atoms with van der Waals surface area (Å²) in [6, 6.07) is 6.52. The van der Waals surface area contributed by atoms with Crippen molar-refractivity contribution in [2.45, 2.75) is 11.8 Å². The Hall–Kier alpha value is -1.74. The lowest BCUT2D eigenvalue weighted by molar-refractivity contribution is 0.0730. The number of hydrogen-bond donors (Lipinski definition) is 1. The molecule has 1 saturated heterocycles. The van der Waals surface area contributed by atoms with Gasteiger partial charge in [-0.2, -0.15) is 15.6 Å². The number of ether oxygens (including phenoxy) is 1. The smallest absolute Gasteiger partial charge is 0.256 e. The number of benzene rings is 1. The molecule has 1 aliphatic rings. The molecule has 1 aromatic heterocycles. The Labute approximate surface area is 145 Å². The maximum atomic E-state index is 12.7. The zero-order valence-electron chi connectivity index (χ0n) is 13.2. The van der Waals surface area contributed by atoms with Crippen LogP contribution in [0, 0.1) is 6.92 Å². The maximum Gasteiger partial charge on any atom is 0.256 e. The van der Waals surface area contributed by atoms with Crippen LogP contribution in [0.2, 0.25) is 0 Å². The molecule has 3 rings (SSSR count). The molecule has 2 heterocycles. The third kappa shape index (κ3) is 3.51. The summed E-state index contributed by atoms with van der Waals surface area (Å²) in [6.45, 7) is 3.30. The lowest BCUT2D eigenvalue weighted by atomic mass is 10.2. The van der Waals surface area contributed by atoms with Gasteiger partial charge in [0.1, 0.15) is 0 Å². The highest BCUT2D eigenvalue weighted by atomic mass is 32.2. The van der Waals surface area contributed by atoms with E-state index in [-0.39, 0.29) is 10.8 Å². The molecule has 0 spiro atoms. The fourth-order valence-corrected chi connectivity index (χ4v) is 4.49. The molecule has 1 fully saturated rings. The van der Waals surface area contributed by atoms with Crippen molar-refractivity contribution in [3.05, 3.63) is 46.2 Å². The Kier molecular flexibility index (Phi) is 5.00. The van der Waals surface area contributed by atoms with E-state index < -0.39 is 10.0 Å². The van der Waals surface area contributed by atoms with Gasteiger partial charge in [-0.15, -0.1) is 0 Å². The molecule has 6 nitrogen and oxygen atoms in total. The molecule has 0 radical (unpaired) electrons.